The molecule has 3 heterocycles. The topological polar surface area (TPSA) is 107 Å². The maximum Gasteiger partial charge on any atom is 0.246 e. The molecule has 1 saturated carbocycles. The Morgan fingerprint density at radius 1 is 1.20 bits per heavy atom. The van der Waals surface area contributed by atoms with Gasteiger partial charge < -0.3 is 29.4 Å². The van der Waals surface area contributed by atoms with Gasteiger partial charge in [0.05, 0.1) is 35.7 Å². The number of nitrogens with zero attached hydrogens (tertiary/aromatic N) is 2. The van der Waals surface area contributed by atoms with E-state index < -0.39 is 29.3 Å². The highest BCUT2D eigenvalue weighted by molar-refractivity contribution is 5.92. The number of aliphatic hydroxyl groups excluding tert-OH is 1. The fraction of sp³-hybridized carbons (Fsp3) is 0.406. The number of aliphatic hydroxyl groups is 2. The molecule has 2 aromatic carbocycles. The molecule has 0 radical (unpaired) electrons. The summed E-state index contributed by atoms with van der Waals surface area (Å²) in [5, 5.41) is 35.6. The molecule has 3 unspecified atom stereocenters. The van der Waals surface area contributed by atoms with Crippen molar-refractivity contribution in [2.45, 2.75) is 61.0 Å². The molecule has 8 nitrogen and oxygen atoms in total. The van der Waals surface area contributed by atoms with Crippen molar-refractivity contribution in [1.82, 2.24) is 9.80 Å². The normalized spacial score (nSPS) is 32.1. The van der Waals surface area contributed by atoms with Gasteiger partial charge in [-0.25, -0.2) is 0 Å². The number of likely N-dealkylation sites (tertiary alicyclic amines) is 1. The first kappa shape index (κ1) is 25.4. The summed E-state index contributed by atoms with van der Waals surface area (Å²) in [6.07, 6.45) is 6.97. The summed E-state index contributed by atoms with van der Waals surface area (Å²) in [6, 6.07) is 14.9. The molecule has 4 aliphatic rings. The molecular weight excluding hydrogens is 508 g/mol. The Morgan fingerprint density at radius 2 is 2.02 bits per heavy atom. The standard InChI is InChI=1S/C32H34N2O6/c1-33(27(37)10-7-21-13-16-39-19-21)23-11-14-31(38)25-17-22-8-9-24(35)29-28(22)32(31,30(23)40-29)26(36)18-34(25)15-12-20-5-3-2-4-6-20/h2-10,13,16,19,23,25-26,30,35-36,38H,11-12,14-15,17-18H2,1H3/b10-7+/t23?,25-,26?,30?,31-,32+/m1/s1. The van der Waals surface area contributed by atoms with Crippen molar-refractivity contribution in [1.29, 1.82) is 0 Å². The Hall–Kier alpha value is -3.59. The molecule has 40 heavy (non-hydrogen) atoms. The average Bonchev–Trinajstić information content (AvgIpc) is 3.61. The molecule has 2 bridgehead atoms. The molecule has 1 spiro atoms. The van der Waals surface area contributed by atoms with Gasteiger partial charge in [0.2, 0.25) is 5.91 Å². The van der Waals surface area contributed by atoms with Crippen LogP contribution in [0.15, 0.2) is 71.6 Å². The molecule has 6 atom stereocenters. The third-order valence-electron chi connectivity index (χ3n) is 9.89. The van der Waals surface area contributed by atoms with E-state index in [9.17, 15) is 20.1 Å². The Balaban J connectivity index is 1.26. The van der Waals surface area contributed by atoms with E-state index in [2.05, 4.69) is 17.0 Å². The van der Waals surface area contributed by atoms with Crippen molar-refractivity contribution in [3.8, 4) is 11.5 Å². The van der Waals surface area contributed by atoms with Crippen LogP contribution >= 0.6 is 0 Å². The third kappa shape index (κ3) is 3.46. The predicted molar refractivity (Wildman–Crippen MR) is 148 cm³/mol. The Morgan fingerprint density at radius 3 is 2.80 bits per heavy atom. The first-order chi connectivity index (χ1) is 19.3. The van der Waals surface area contributed by atoms with E-state index in [-0.39, 0.29) is 17.7 Å². The van der Waals surface area contributed by atoms with Crippen LogP contribution in [-0.4, -0.2) is 81.1 Å². The summed E-state index contributed by atoms with van der Waals surface area (Å²) in [4.78, 5) is 17.2. The molecule has 1 saturated heterocycles. The van der Waals surface area contributed by atoms with Gasteiger partial charge in [-0.2, -0.15) is 0 Å². The molecule has 2 fully saturated rings. The molecule has 1 amide bonds. The lowest BCUT2D eigenvalue weighted by Crippen LogP contribution is -2.82. The van der Waals surface area contributed by atoms with Crippen LogP contribution in [0.2, 0.25) is 0 Å². The smallest absolute Gasteiger partial charge is 0.246 e. The summed E-state index contributed by atoms with van der Waals surface area (Å²) in [6.45, 7) is 1.08. The van der Waals surface area contributed by atoms with Gasteiger partial charge in [0.15, 0.2) is 11.5 Å². The SMILES string of the molecule is CN(C(=O)/C=C/c1ccoc1)C1CC[C@@]2(O)[C@H]3Cc4ccc(O)c5c4[C@@]2(C(O)CN3CCc2ccccc2)C1O5. The number of ether oxygens (including phenoxy) is 1. The van der Waals surface area contributed by atoms with Gasteiger partial charge in [-0.3, -0.25) is 9.69 Å². The van der Waals surface area contributed by atoms with Crippen molar-refractivity contribution in [2.75, 3.05) is 20.1 Å². The van der Waals surface area contributed by atoms with Gasteiger partial charge in [0.25, 0.3) is 0 Å². The lowest BCUT2D eigenvalue weighted by molar-refractivity contribution is -0.235. The Bertz CT molecular complexity index is 1460. The second-order valence-corrected chi connectivity index (χ2v) is 11.7. The van der Waals surface area contributed by atoms with E-state index in [0.29, 0.717) is 43.7 Å². The quantitative estimate of drug-likeness (QED) is 0.412. The highest BCUT2D eigenvalue weighted by Gasteiger charge is 2.76. The number of piperidine rings is 1. The second kappa shape index (κ2) is 9.23. The van der Waals surface area contributed by atoms with E-state index in [0.717, 1.165) is 17.5 Å². The van der Waals surface area contributed by atoms with Gasteiger partial charge in [0, 0.05) is 43.4 Å². The van der Waals surface area contributed by atoms with E-state index >= 15 is 0 Å². The molecule has 3 N–H and O–H groups in total. The van der Waals surface area contributed by atoms with Gasteiger partial charge in [-0.15, -0.1) is 0 Å². The first-order valence-electron chi connectivity index (χ1n) is 14.0. The number of rotatable bonds is 6. The summed E-state index contributed by atoms with van der Waals surface area (Å²) in [5.41, 5.74) is 1.24. The maximum atomic E-state index is 13.3. The van der Waals surface area contributed by atoms with E-state index in [1.807, 2.05) is 24.3 Å². The summed E-state index contributed by atoms with van der Waals surface area (Å²) in [5.74, 6) is 0.117. The number of phenolic OH excluding ortho intramolecular Hbond substituents is 1. The monoisotopic (exact) mass is 542 g/mol. The van der Waals surface area contributed by atoms with Crippen LogP contribution in [0.5, 0.6) is 11.5 Å². The van der Waals surface area contributed by atoms with Gasteiger partial charge in [-0.1, -0.05) is 36.4 Å². The van der Waals surface area contributed by atoms with Gasteiger partial charge in [-0.05, 0) is 55.0 Å². The predicted octanol–water partition coefficient (Wildman–Crippen LogP) is 2.89. The van der Waals surface area contributed by atoms with Crippen LogP contribution in [0.3, 0.4) is 0 Å². The van der Waals surface area contributed by atoms with Crippen LogP contribution in [0, 0.1) is 0 Å². The van der Waals surface area contributed by atoms with Crippen LogP contribution in [0.4, 0.5) is 0 Å². The van der Waals surface area contributed by atoms with Crippen LogP contribution in [-0.2, 0) is 23.1 Å². The van der Waals surface area contributed by atoms with Crippen molar-refractivity contribution < 1.29 is 29.3 Å². The molecular formula is C32H34N2O6. The minimum absolute atomic E-state index is 0.00499. The van der Waals surface area contributed by atoms with Gasteiger partial charge >= 0.3 is 0 Å². The highest BCUT2D eigenvalue weighted by Crippen LogP contribution is 2.65. The van der Waals surface area contributed by atoms with Crippen LogP contribution in [0.1, 0.15) is 35.1 Å². The zero-order chi connectivity index (χ0) is 27.6. The van der Waals surface area contributed by atoms with E-state index in [1.54, 1.807) is 42.7 Å². The number of β-amino-alcohol motifs (C(OH)–C–C–N with tert-alkyl or cyclic N) is 1. The number of likely N-dealkylation sites (N-methyl/N-ethyl adjacent to an activating group) is 1. The average molecular weight is 543 g/mol. The van der Waals surface area contributed by atoms with Crippen molar-refractivity contribution in [3.63, 3.8) is 0 Å². The zero-order valence-electron chi connectivity index (χ0n) is 22.4. The van der Waals surface area contributed by atoms with Gasteiger partial charge in [0.1, 0.15) is 6.10 Å². The maximum absolute atomic E-state index is 13.3. The molecule has 2 aliphatic heterocycles. The number of amides is 1. The summed E-state index contributed by atoms with van der Waals surface area (Å²) >= 11 is 0. The number of phenols is 1. The molecule has 7 rings (SSSR count). The Kier molecular flexibility index (Phi) is 5.85. The molecule has 2 aliphatic carbocycles. The van der Waals surface area contributed by atoms with E-state index in [1.165, 1.54) is 11.6 Å². The lowest BCUT2D eigenvalue weighted by Gasteiger charge is -2.66. The number of carbonyl (C=O) groups excluding carboxylic acids is 1. The largest absolute Gasteiger partial charge is 0.504 e. The Labute approximate surface area is 233 Å². The minimum Gasteiger partial charge on any atom is -0.504 e. The van der Waals surface area contributed by atoms with Crippen LogP contribution < -0.4 is 4.74 Å². The molecule has 1 aromatic heterocycles. The highest BCUT2D eigenvalue weighted by atomic mass is 16.5. The molecule has 208 valence electrons. The van der Waals surface area contributed by atoms with E-state index in [4.69, 9.17) is 9.15 Å². The number of furan rings is 1. The number of benzene rings is 2. The van der Waals surface area contributed by atoms with Crippen molar-refractivity contribution >= 4 is 12.0 Å². The number of hydrogen-bond donors (Lipinski definition) is 3. The summed E-state index contributed by atoms with van der Waals surface area (Å²) in [7, 11) is 1.74. The fourth-order valence-electron chi connectivity index (χ4n) is 8.06. The fourth-order valence-corrected chi connectivity index (χ4v) is 8.06. The zero-order valence-corrected chi connectivity index (χ0v) is 22.4. The first-order valence-corrected chi connectivity index (χ1v) is 14.0. The number of hydrogen-bond acceptors (Lipinski definition) is 7. The molecule has 3 aromatic rings. The number of aromatic hydroxyl groups is 1. The lowest BCUT2D eigenvalue weighted by atomic mass is 9.47. The minimum atomic E-state index is -1.29. The second-order valence-electron chi connectivity index (χ2n) is 11.7. The molecule has 8 heteroatoms. The number of carbonyl (C=O) groups is 1. The van der Waals surface area contributed by atoms with Crippen molar-refractivity contribution in [2.24, 2.45) is 0 Å². The summed E-state index contributed by atoms with van der Waals surface area (Å²) < 4.78 is 11.6. The van der Waals surface area contributed by atoms with Crippen LogP contribution in [0.25, 0.3) is 6.08 Å². The van der Waals surface area contributed by atoms with Crippen molar-refractivity contribution in [3.05, 3.63) is 89.4 Å². The third-order valence-corrected chi connectivity index (χ3v) is 9.89.